The summed E-state index contributed by atoms with van der Waals surface area (Å²) in [6, 6.07) is 3.76. The first kappa shape index (κ1) is 26.5. The van der Waals surface area contributed by atoms with Crippen LogP contribution in [0.3, 0.4) is 0 Å². The van der Waals surface area contributed by atoms with Crippen LogP contribution in [0.2, 0.25) is 0 Å². The van der Waals surface area contributed by atoms with E-state index in [0.29, 0.717) is 17.9 Å². The highest BCUT2D eigenvalue weighted by Gasteiger charge is 2.28. The Kier molecular flexibility index (Phi) is 12.0. The van der Waals surface area contributed by atoms with Crippen molar-refractivity contribution in [2.45, 2.75) is 129 Å². The Labute approximate surface area is 196 Å². The molecule has 0 bridgehead atoms. The smallest absolute Gasteiger partial charge is 0.311 e. The number of methoxy groups -OCH3 is 1. The molecule has 0 aliphatic carbocycles. The summed E-state index contributed by atoms with van der Waals surface area (Å²) < 4.78 is 17.1. The van der Waals surface area contributed by atoms with Gasteiger partial charge < -0.3 is 14.2 Å². The number of benzene rings is 1. The number of esters is 1. The van der Waals surface area contributed by atoms with Crippen LogP contribution in [0, 0.1) is 0 Å². The minimum absolute atomic E-state index is 0.176. The third-order valence-electron chi connectivity index (χ3n) is 6.44. The largest absolute Gasteiger partial charge is 0.493 e. The van der Waals surface area contributed by atoms with E-state index in [9.17, 15) is 4.79 Å². The Morgan fingerprint density at radius 3 is 2.00 bits per heavy atom. The third kappa shape index (κ3) is 9.83. The highest BCUT2D eigenvalue weighted by atomic mass is 16.6. The van der Waals surface area contributed by atoms with E-state index < -0.39 is 0 Å². The molecule has 1 heterocycles. The molecular weight excluding hydrogens is 400 g/mol. The van der Waals surface area contributed by atoms with Crippen LogP contribution in [-0.4, -0.2) is 18.7 Å². The number of fused-ring (bicyclic) bond motifs is 1. The molecule has 0 saturated heterocycles. The maximum Gasteiger partial charge on any atom is 0.311 e. The van der Waals surface area contributed by atoms with Gasteiger partial charge in [-0.25, -0.2) is 0 Å². The second kappa shape index (κ2) is 14.4. The molecule has 0 amide bonds. The van der Waals surface area contributed by atoms with Crippen molar-refractivity contribution < 1.29 is 19.0 Å². The van der Waals surface area contributed by atoms with Crippen molar-refractivity contribution >= 4 is 5.97 Å². The Hall–Kier alpha value is -1.71. The van der Waals surface area contributed by atoms with Crippen molar-refractivity contribution in [1.29, 1.82) is 0 Å². The fourth-order valence-corrected chi connectivity index (χ4v) is 4.36. The van der Waals surface area contributed by atoms with Crippen LogP contribution in [0.1, 0.15) is 123 Å². The zero-order valence-corrected chi connectivity index (χ0v) is 21.1. The molecule has 0 radical (unpaired) electrons. The molecule has 0 saturated carbocycles. The molecule has 0 unspecified atom stereocenters. The fourth-order valence-electron chi connectivity index (χ4n) is 4.36. The van der Waals surface area contributed by atoms with Gasteiger partial charge in [0.25, 0.3) is 0 Å². The van der Waals surface area contributed by atoms with Crippen molar-refractivity contribution in [3.8, 4) is 17.2 Å². The van der Waals surface area contributed by atoms with E-state index in [1.165, 1.54) is 70.6 Å². The number of carbonyl (C=O) groups excluding carboxylic acids is 1. The van der Waals surface area contributed by atoms with Gasteiger partial charge in [0.15, 0.2) is 11.5 Å². The van der Waals surface area contributed by atoms with Crippen molar-refractivity contribution in [3.05, 3.63) is 17.7 Å². The average molecular weight is 447 g/mol. The van der Waals surface area contributed by atoms with Gasteiger partial charge in [-0.05, 0) is 44.7 Å². The van der Waals surface area contributed by atoms with Crippen LogP contribution in [0.15, 0.2) is 12.1 Å². The standard InChI is InChI=1S/C28H46O4/c1-5-6-7-8-9-10-11-12-13-14-15-16-17-18-27(29)31-26-21-23-19-20-28(2,3)32-24(23)22-25(26)30-4/h21-22H,5-20H2,1-4H3. The van der Waals surface area contributed by atoms with Crippen molar-refractivity contribution in [3.63, 3.8) is 0 Å². The van der Waals surface area contributed by atoms with Crippen LogP contribution >= 0.6 is 0 Å². The molecular formula is C28H46O4. The van der Waals surface area contributed by atoms with Crippen molar-refractivity contribution in [1.82, 2.24) is 0 Å². The molecule has 2 rings (SSSR count). The van der Waals surface area contributed by atoms with E-state index >= 15 is 0 Å². The molecule has 4 nitrogen and oxygen atoms in total. The van der Waals surface area contributed by atoms with E-state index in [1.807, 2.05) is 12.1 Å². The first-order valence-electron chi connectivity index (χ1n) is 13.1. The lowest BCUT2D eigenvalue weighted by Gasteiger charge is -2.33. The van der Waals surface area contributed by atoms with E-state index in [-0.39, 0.29) is 11.6 Å². The molecule has 32 heavy (non-hydrogen) atoms. The van der Waals surface area contributed by atoms with Gasteiger partial charge >= 0.3 is 5.97 Å². The first-order chi connectivity index (χ1) is 15.4. The highest BCUT2D eigenvalue weighted by molar-refractivity contribution is 5.73. The number of hydrogen-bond acceptors (Lipinski definition) is 4. The minimum atomic E-state index is -0.177. The monoisotopic (exact) mass is 446 g/mol. The van der Waals surface area contributed by atoms with Crippen molar-refractivity contribution in [2.24, 2.45) is 0 Å². The predicted octanol–water partition coefficient (Wildman–Crippen LogP) is 8.19. The van der Waals surface area contributed by atoms with E-state index in [0.717, 1.165) is 37.0 Å². The molecule has 0 atom stereocenters. The van der Waals surface area contributed by atoms with Gasteiger partial charge in [0.1, 0.15) is 11.4 Å². The van der Waals surface area contributed by atoms with E-state index in [1.54, 1.807) is 7.11 Å². The van der Waals surface area contributed by atoms with Crippen LogP contribution < -0.4 is 14.2 Å². The number of rotatable bonds is 16. The second-order valence-corrected chi connectivity index (χ2v) is 9.94. The summed E-state index contributed by atoms with van der Waals surface area (Å²) in [5.41, 5.74) is 0.902. The summed E-state index contributed by atoms with van der Waals surface area (Å²) in [6.45, 7) is 6.45. The number of hydrogen-bond donors (Lipinski definition) is 0. The zero-order chi connectivity index (χ0) is 23.2. The Balaban J connectivity index is 1.58. The Morgan fingerprint density at radius 1 is 0.875 bits per heavy atom. The third-order valence-corrected chi connectivity index (χ3v) is 6.44. The topological polar surface area (TPSA) is 44.8 Å². The molecule has 0 spiro atoms. The highest BCUT2D eigenvalue weighted by Crippen LogP contribution is 2.40. The van der Waals surface area contributed by atoms with Gasteiger partial charge in [0, 0.05) is 12.5 Å². The number of unbranched alkanes of at least 4 members (excludes halogenated alkanes) is 12. The molecule has 0 fully saturated rings. The Bertz CT molecular complexity index is 680. The first-order valence-corrected chi connectivity index (χ1v) is 13.1. The van der Waals surface area contributed by atoms with E-state index in [4.69, 9.17) is 14.2 Å². The zero-order valence-electron chi connectivity index (χ0n) is 21.1. The lowest BCUT2D eigenvalue weighted by Crippen LogP contribution is -2.32. The van der Waals surface area contributed by atoms with Gasteiger partial charge in [0.05, 0.1) is 7.11 Å². The second-order valence-electron chi connectivity index (χ2n) is 9.94. The molecule has 1 aromatic rings. The molecule has 1 aliphatic rings. The van der Waals surface area contributed by atoms with Gasteiger partial charge in [-0.3, -0.25) is 4.79 Å². The van der Waals surface area contributed by atoms with Gasteiger partial charge in [-0.1, -0.05) is 84.0 Å². The molecule has 0 N–H and O–H groups in total. The quantitative estimate of drug-likeness (QED) is 0.146. The molecule has 4 heteroatoms. The van der Waals surface area contributed by atoms with Gasteiger partial charge in [-0.15, -0.1) is 0 Å². The number of carbonyl (C=O) groups is 1. The summed E-state index contributed by atoms with van der Waals surface area (Å²) in [5, 5.41) is 0. The predicted molar refractivity (Wildman–Crippen MR) is 132 cm³/mol. The molecule has 0 aromatic heterocycles. The summed E-state index contributed by atoms with van der Waals surface area (Å²) in [7, 11) is 1.60. The van der Waals surface area contributed by atoms with Crippen molar-refractivity contribution in [2.75, 3.05) is 7.11 Å². The average Bonchev–Trinajstić information content (AvgIpc) is 2.76. The fraction of sp³-hybridized carbons (Fsp3) is 0.750. The lowest BCUT2D eigenvalue weighted by atomic mass is 9.94. The van der Waals surface area contributed by atoms with E-state index in [2.05, 4.69) is 20.8 Å². The summed E-state index contributed by atoms with van der Waals surface area (Å²) in [6.07, 6.45) is 19.2. The lowest BCUT2D eigenvalue weighted by molar-refractivity contribution is -0.134. The minimum Gasteiger partial charge on any atom is -0.493 e. The SMILES string of the molecule is CCCCCCCCCCCCCCCC(=O)Oc1cc2c(cc1OC)OC(C)(C)CC2. The molecule has 1 aromatic carbocycles. The maximum atomic E-state index is 12.3. The summed E-state index contributed by atoms with van der Waals surface area (Å²) in [5.74, 6) is 1.71. The molecule has 182 valence electrons. The van der Waals surface area contributed by atoms with Crippen LogP contribution in [0.25, 0.3) is 0 Å². The molecule has 1 aliphatic heterocycles. The normalized spacial score (nSPS) is 14.5. The van der Waals surface area contributed by atoms with Gasteiger partial charge in [-0.2, -0.15) is 0 Å². The summed E-state index contributed by atoms with van der Waals surface area (Å²) in [4.78, 5) is 12.3. The van der Waals surface area contributed by atoms with Crippen LogP contribution in [0.5, 0.6) is 17.2 Å². The van der Waals surface area contributed by atoms with Crippen LogP contribution in [-0.2, 0) is 11.2 Å². The van der Waals surface area contributed by atoms with Gasteiger partial charge in [0.2, 0.25) is 0 Å². The summed E-state index contributed by atoms with van der Waals surface area (Å²) >= 11 is 0. The maximum absolute atomic E-state index is 12.3. The number of aryl methyl sites for hydroxylation is 1. The Morgan fingerprint density at radius 2 is 1.44 bits per heavy atom. The van der Waals surface area contributed by atoms with Crippen LogP contribution in [0.4, 0.5) is 0 Å². The number of ether oxygens (including phenoxy) is 3.